The van der Waals surface area contributed by atoms with Crippen molar-refractivity contribution in [2.24, 2.45) is 0 Å². The van der Waals surface area contributed by atoms with E-state index in [0.717, 1.165) is 16.9 Å². The van der Waals surface area contributed by atoms with Gasteiger partial charge in [0.05, 0.1) is 18.5 Å². The smallest absolute Gasteiger partial charge is 0.147 e. The molecule has 5 heteroatoms. The van der Waals surface area contributed by atoms with Crippen LogP contribution < -0.4 is 4.74 Å². The molecular weight excluding hydrogens is 252 g/mol. The Labute approximate surface area is 109 Å². The summed E-state index contributed by atoms with van der Waals surface area (Å²) >= 11 is 0. The van der Waals surface area contributed by atoms with Crippen LogP contribution in [0.3, 0.4) is 0 Å². The molecule has 0 aliphatic rings. The van der Waals surface area contributed by atoms with Gasteiger partial charge in [-0.3, -0.25) is 0 Å². The predicted octanol–water partition coefficient (Wildman–Crippen LogP) is 1.86. The van der Waals surface area contributed by atoms with E-state index < -0.39 is 15.9 Å². The molecule has 18 heavy (non-hydrogen) atoms. The molecule has 0 radical (unpaired) electrons. The summed E-state index contributed by atoms with van der Waals surface area (Å²) < 4.78 is 27.4. The minimum Gasteiger partial charge on any atom is -0.493 e. The Morgan fingerprint density at radius 1 is 1.39 bits per heavy atom. The summed E-state index contributed by atoms with van der Waals surface area (Å²) in [5.74, 6) is 0.866. The number of aliphatic hydroxyl groups excluding tert-OH is 1. The summed E-state index contributed by atoms with van der Waals surface area (Å²) in [6.07, 6.45) is 1.20. The van der Waals surface area contributed by atoms with Crippen molar-refractivity contribution in [1.82, 2.24) is 0 Å². The Kier molecular flexibility index (Phi) is 5.16. The third-order valence-corrected chi connectivity index (χ3v) is 3.63. The SMILES string of the molecule is Cc1cc([C@H](C)O)ccc1OCCCS(C)(=O)=O. The molecule has 0 heterocycles. The Balaban J connectivity index is 2.53. The van der Waals surface area contributed by atoms with Gasteiger partial charge in [0, 0.05) is 6.26 Å². The van der Waals surface area contributed by atoms with Crippen LogP contribution in [0, 0.1) is 6.92 Å². The summed E-state index contributed by atoms with van der Waals surface area (Å²) in [5.41, 5.74) is 1.78. The van der Waals surface area contributed by atoms with Crippen LogP contribution in [0.4, 0.5) is 0 Å². The van der Waals surface area contributed by atoms with Crippen LogP contribution in [0.5, 0.6) is 5.75 Å². The first-order chi connectivity index (χ1) is 8.29. The monoisotopic (exact) mass is 272 g/mol. The Morgan fingerprint density at radius 2 is 2.06 bits per heavy atom. The van der Waals surface area contributed by atoms with Gasteiger partial charge in [-0.25, -0.2) is 8.42 Å². The zero-order valence-corrected chi connectivity index (χ0v) is 11.8. The molecule has 0 unspecified atom stereocenters. The highest BCUT2D eigenvalue weighted by atomic mass is 32.2. The number of sulfone groups is 1. The summed E-state index contributed by atoms with van der Waals surface area (Å²) in [5, 5.41) is 9.44. The van der Waals surface area contributed by atoms with E-state index in [9.17, 15) is 13.5 Å². The molecule has 0 amide bonds. The first-order valence-corrected chi connectivity index (χ1v) is 7.95. The summed E-state index contributed by atoms with van der Waals surface area (Å²) in [4.78, 5) is 0. The van der Waals surface area contributed by atoms with Gasteiger partial charge in [0.25, 0.3) is 0 Å². The molecule has 1 aromatic rings. The lowest BCUT2D eigenvalue weighted by atomic mass is 10.1. The van der Waals surface area contributed by atoms with E-state index in [2.05, 4.69) is 0 Å². The van der Waals surface area contributed by atoms with Gasteiger partial charge >= 0.3 is 0 Å². The molecule has 0 aliphatic heterocycles. The second-order valence-electron chi connectivity index (χ2n) is 4.53. The topological polar surface area (TPSA) is 63.6 Å². The molecule has 0 aliphatic carbocycles. The second kappa shape index (κ2) is 6.20. The van der Waals surface area contributed by atoms with Gasteiger partial charge in [-0.2, -0.15) is 0 Å². The minimum atomic E-state index is -2.92. The van der Waals surface area contributed by atoms with Crippen molar-refractivity contribution in [2.75, 3.05) is 18.6 Å². The maximum atomic E-state index is 10.9. The van der Waals surface area contributed by atoms with Crippen LogP contribution in [0.1, 0.15) is 30.6 Å². The standard InChI is InChI=1S/C13H20O4S/c1-10-9-12(11(2)14)5-6-13(10)17-7-4-8-18(3,15)16/h5-6,9,11,14H,4,7-8H2,1-3H3/t11-/m0/s1. The molecule has 0 saturated carbocycles. The molecule has 1 aromatic carbocycles. The molecule has 1 rings (SSSR count). The van der Waals surface area contributed by atoms with E-state index in [1.54, 1.807) is 13.0 Å². The fraction of sp³-hybridized carbons (Fsp3) is 0.538. The first-order valence-electron chi connectivity index (χ1n) is 5.89. The largest absolute Gasteiger partial charge is 0.493 e. The van der Waals surface area contributed by atoms with Crippen LogP contribution in [0.25, 0.3) is 0 Å². The lowest BCUT2D eigenvalue weighted by Crippen LogP contribution is -2.08. The van der Waals surface area contributed by atoms with Gasteiger partial charge in [-0.05, 0) is 43.5 Å². The Bertz CT molecular complexity index is 492. The van der Waals surface area contributed by atoms with Crippen LogP contribution in [0.15, 0.2) is 18.2 Å². The molecule has 0 spiro atoms. The maximum Gasteiger partial charge on any atom is 0.147 e. The zero-order chi connectivity index (χ0) is 13.8. The van der Waals surface area contributed by atoms with E-state index in [0.29, 0.717) is 13.0 Å². The average Bonchev–Trinajstić information content (AvgIpc) is 2.24. The summed E-state index contributed by atoms with van der Waals surface area (Å²) in [6, 6.07) is 5.48. The van der Waals surface area contributed by atoms with Gasteiger partial charge in [0.1, 0.15) is 15.6 Å². The van der Waals surface area contributed by atoms with Crippen molar-refractivity contribution in [3.8, 4) is 5.75 Å². The van der Waals surface area contributed by atoms with Gasteiger partial charge in [-0.15, -0.1) is 0 Å². The van der Waals surface area contributed by atoms with E-state index in [4.69, 9.17) is 4.74 Å². The third-order valence-electron chi connectivity index (χ3n) is 2.60. The maximum absolute atomic E-state index is 10.9. The molecule has 0 saturated heterocycles. The lowest BCUT2D eigenvalue weighted by molar-refractivity contribution is 0.199. The highest BCUT2D eigenvalue weighted by Gasteiger charge is 2.06. The Morgan fingerprint density at radius 3 is 2.56 bits per heavy atom. The molecule has 0 aromatic heterocycles. The number of rotatable bonds is 6. The van der Waals surface area contributed by atoms with Crippen LogP contribution in [-0.4, -0.2) is 32.1 Å². The fourth-order valence-electron chi connectivity index (χ4n) is 1.60. The van der Waals surface area contributed by atoms with Crippen LogP contribution in [-0.2, 0) is 9.84 Å². The number of aryl methyl sites for hydroxylation is 1. The number of hydrogen-bond donors (Lipinski definition) is 1. The number of ether oxygens (including phenoxy) is 1. The van der Waals surface area contributed by atoms with E-state index >= 15 is 0 Å². The average molecular weight is 272 g/mol. The van der Waals surface area contributed by atoms with Crippen molar-refractivity contribution < 1.29 is 18.3 Å². The molecule has 1 N–H and O–H groups in total. The zero-order valence-electron chi connectivity index (χ0n) is 11.0. The fourth-order valence-corrected chi connectivity index (χ4v) is 2.24. The second-order valence-corrected chi connectivity index (χ2v) is 6.79. The van der Waals surface area contributed by atoms with Gasteiger partial charge in [0.15, 0.2) is 0 Å². The summed E-state index contributed by atoms with van der Waals surface area (Å²) in [7, 11) is -2.92. The lowest BCUT2D eigenvalue weighted by Gasteiger charge is -2.11. The molecule has 1 atom stereocenters. The van der Waals surface area contributed by atoms with Crippen molar-refractivity contribution >= 4 is 9.84 Å². The molecule has 0 fully saturated rings. The van der Waals surface area contributed by atoms with Gasteiger partial charge in [0.2, 0.25) is 0 Å². The molecule has 0 bridgehead atoms. The molecular formula is C13H20O4S. The van der Waals surface area contributed by atoms with Crippen molar-refractivity contribution in [3.63, 3.8) is 0 Å². The number of aliphatic hydroxyl groups is 1. The number of hydrogen-bond acceptors (Lipinski definition) is 4. The summed E-state index contributed by atoms with van der Waals surface area (Å²) in [6.45, 7) is 3.99. The molecule has 4 nitrogen and oxygen atoms in total. The van der Waals surface area contributed by atoms with Crippen LogP contribution >= 0.6 is 0 Å². The van der Waals surface area contributed by atoms with Crippen LogP contribution in [0.2, 0.25) is 0 Å². The van der Waals surface area contributed by atoms with Gasteiger partial charge in [-0.1, -0.05) is 6.07 Å². The third kappa shape index (κ3) is 5.06. The molecule has 102 valence electrons. The number of benzene rings is 1. The first kappa shape index (κ1) is 15.0. The predicted molar refractivity (Wildman–Crippen MR) is 71.6 cm³/mol. The highest BCUT2D eigenvalue weighted by Crippen LogP contribution is 2.22. The van der Waals surface area contributed by atoms with Crippen molar-refractivity contribution in [2.45, 2.75) is 26.4 Å². The van der Waals surface area contributed by atoms with Crippen molar-refractivity contribution in [1.29, 1.82) is 0 Å². The van der Waals surface area contributed by atoms with Crippen molar-refractivity contribution in [3.05, 3.63) is 29.3 Å². The van der Waals surface area contributed by atoms with E-state index in [1.807, 2.05) is 19.1 Å². The van der Waals surface area contributed by atoms with E-state index in [-0.39, 0.29) is 5.75 Å². The minimum absolute atomic E-state index is 0.137. The van der Waals surface area contributed by atoms with E-state index in [1.165, 1.54) is 6.26 Å². The Hall–Kier alpha value is -1.07. The highest BCUT2D eigenvalue weighted by molar-refractivity contribution is 7.90. The normalized spacial score (nSPS) is 13.3. The quantitative estimate of drug-likeness (QED) is 0.803. The van der Waals surface area contributed by atoms with Gasteiger partial charge < -0.3 is 9.84 Å².